The number of benzene rings is 1. The number of halogens is 5. The zero-order chi connectivity index (χ0) is 24.0. The van der Waals surface area contributed by atoms with Crippen molar-refractivity contribution in [3.63, 3.8) is 0 Å². The van der Waals surface area contributed by atoms with E-state index in [2.05, 4.69) is 10.3 Å². The third kappa shape index (κ3) is 4.24. The van der Waals surface area contributed by atoms with E-state index in [9.17, 15) is 26.7 Å². The number of nitrogens with one attached hydrogen (secondary N) is 1. The van der Waals surface area contributed by atoms with E-state index >= 15 is 0 Å². The minimum absolute atomic E-state index is 0.00227. The molecule has 0 saturated carbocycles. The Hall–Kier alpha value is -3.21. The molecule has 3 aromatic rings. The van der Waals surface area contributed by atoms with Crippen LogP contribution in [0.4, 0.5) is 22.0 Å². The Morgan fingerprint density at radius 2 is 2.09 bits per heavy atom. The van der Waals surface area contributed by atoms with Gasteiger partial charge in [-0.05, 0) is 44.2 Å². The second-order valence-electron chi connectivity index (χ2n) is 7.81. The highest BCUT2D eigenvalue weighted by molar-refractivity contribution is 6.08. The summed E-state index contributed by atoms with van der Waals surface area (Å²) in [5, 5.41) is 2.71. The lowest BCUT2D eigenvalue weighted by atomic mass is 9.83. The number of piperidine rings is 1. The van der Waals surface area contributed by atoms with Crippen molar-refractivity contribution in [2.75, 3.05) is 13.1 Å². The Labute approximate surface area is 184 Å². The van der Waals surface area contributed by atoms with Crippen molar-refractivity contribution in [2.45, 2.75) is 38.0 Å². The van der Waals surface area contributed by atoms with Crippen molar-refractivity contribution in [3.05, 3.63) is 58.6 Å². The number of pyridine rings is 1. The van der Waals surface area contributed by atoms with Crippen LogP contribution in [0.3, 0.4) is 0 Å². The number of aromatic nitrogens is 1. The Morgan fingerprint density at radius 3 is 2.76 bits per heavy atom. The molecule has 176 valence electrons. The van der Waals surface area contributed by atoms with Crippen LogP contribution in [0.25, 0.3) is 11.0 Å². The SMILES string of the molecule is Cc1oc2ccc(OCc3ncccc3C(F)(F)F)c(C3CCNCC3(F)F)c2c1C(N)=O. The number of furan rings is 1. The number of amides is 1. The fourth-order valence-corrected chi connectivity index (χ4v) is 4.23. The Morgan fingerprint density at radius 1 is 1.33 bits per heavy atom. The standard InChI is InChI=1S/C22H20F5N3O3/c1-11-17(20(28)31)19-16(33-11)5-4-15(18(19)13-6-8-29-10-21(13,23)24)32-9-14-12(22(25,26)27)3-2-7-30-14/h2-5,7,13,29H,6,8-10H2,1H3,(H2,28,31). The summed E-state index contributed by atoms with van der Waals surface area (Å²) in [6.45, 7) is 0.536. The maximum atomic E-state index is 15.0. The van der Waals surface area contributed by atoms with Crippen molar-refractivity contribution in [2.24, 2.45) is 5.73 Å². The van der Waals surface area contributed by atoms with E-state index in [1.807, 2.05) is 0 Å². The molecule has 1 amide bonds. The van der Waals surface area contributed by atoms with Crippen LogP contribution in [0.15, 0.2) is 34.9 Å². The first-order valence-electron chi connectivity index (χ1n) is 10.1. The second kappa shape index (κ2) is 8.29. The minimum Gasteiger partial charge on any atom is -0.487 e. The minimum atomic E-state index is -4.66. The zero-order valence-electron chi connectivity index (χ0n) is 17.4. The number of nitrogens with two attached hydrogens (primary N) is 1. The Bertz CT molecular complexity index is 1210. The van der Waals surface area contributed by atoms with Gasteiger partial charge in [-0.1, -0.05) is 0 Å². The molecule has 0 spiro atoms. The molecule has 1 saturated heterocycles. The van der Waals surface area contributed by atoms with Gasteiger partial charge in [0.05, 0.1) is 29.3 Å². The summed E-state index contributed by atoms with van der Waals surface area (Å²) in [5.41, 5.74) is 4.19. The number of carbonyl (C=O) groups is 1. The summed E-state index contributed by atoms with van der Waals surface area (Å²) in [5.74, 6) is -5.40. The summed E-state index contributed by atoms with van der Waals surface area (Å²) < 4.78 is 81.1. The third-order valence-corrected chi connectivity index (χ3v) is 5.67. The van der Waals surface area contributed by atoms with Crippen LogP contribution in [-0.4, -0.2) is 29.9 Å². The van der Waals surface area contributed by atoms with Gasteiger partial charge in [0, 0.05) is 17.1 Å². The summed E-state index contributed by atoms with van der Waals surface area (Å²) in [6.07, 6.45) is -3.48. The van der Waals surface area contributed by atoms with Crippen molar-refractivity contribution in [3.8, 4) is 5.75 Å². The molecule has 0 bridgehead atoms. The van der Waals surface area contributed by atoms with Crippen LogP contribution < -0.4 is 15.8 Å². The Balaban J connectivity index is 1.86. The molecule has 3 heterocycles. The molecule has 6 nitrogen and oxygen atoms in total. The van der Waals surface area contributed by atoms with Gasteiger partial charge in [-0.25, -0.2) is 8.78 Å². The van der Waals surface area contributed by atoms with E-state index in [4.69, 9.17) is 14.9 Å². The predicted molar refractivity (Wildman–Crippen MR) is 108 cm³/mol. The predicted octanol–water partition coefficient (Wildman–Crippen LogP) is 4.55. The van der Waals surface area contributed by atoms with Gasteiger partial charge in [-0.2, -0.15) is 13.2 Å². The molecule has 4 rings (SSSR count). The lowest BCUT2D eigenvalue weighted by Crippen LogP contribution is -2.44. The number of alkyl halides is 5. The summed E-state index contributed by atoms with van der Waals surface area (Å²) in [4.78, 5) is 15.9. The number of ether oxygens (including phenoxy) is 1. The normalized spacial score (nSPS) is 18.4. The van der Waals surface area contributed by atoms with Crippen LogP contribution in [-0.2, 0) is 12.8 Å². The summed E-state index contributed by atoms with van der Waals surface area (Å²) in [7, 11) is 0. The fourth-order valence-electron chi connectivity index (χ4n) is 4.23. The molecule has 11 heteroatoms. The molecular formula is C22H20F5N3O3. The van der Waals surface area contributed by atoms with Crippen molar-refractivity contribution >= 4 is 16.9 Å². The van der Waals surface area contributed by atoms with Crippen molar-refractivity contribution < 1.29 is 35.9 Å². The number of carbonyl (C=O) groups excluding carboxylic acids is 1. The zero-order valence-corrected chi connectivity index (χ0v) is 17.4. The van der Waals surface area contributed by atoms with E-state index < -0.39 is 48.3 Å². The third-order valence-electron chi connectivity index (χ3n) is 5.67. The monoisotopic (exact) mass is 469 g/mol. The molecule has 3 N–H and O–H groups in total. The van der Waals surface area contributed by atoms with Gasteiger partial charge in [-0.3, -0.25) is 9.78 Å². The van der Waals surface area contributed by atoms with Crippen molar-refractivity contribution in [1.29, 1.82) is 0 Å². The molecule has 1 unspecified atom stereocenters. The molecular weight excluding hydrogens is 449 g/mol. The maximum Gasteiger partial charge on any atom is 0.418 e. The van der Waals surface area contributed by atoms with E-state index in [1.54, 1.807) is 0 Å². The quantitative estimate of drug-likeness (QED) is 0.536. The van der Waals surface area contributed by atoms with Crippen LogP contribution in [0, 0.1) is 6.92 Å². The van der Waals surface area contributed by atoms with E-state index in [-0.39, 0.29) is 46.6 Å². The van der Waals surface area contributed by atoms with Gasteiger partial charge in [0.1, 0.15) is 23.7 Å². The lowest BCUT2D eigenvalue weighted by Gasteiger charge is -2.33. The number of hydrogen-bond acceptors (Lipinski definition) is 5. The van der Waals surface area contributed by atoms with E-state index in [0.29, 0.717) is 0 Å². The number of primary amides is 1. The van der Waals surface area contributed by atoms with Gasteiger partial charge < -0.3 is 20.2 Å². The molecule has 33 heavy (non-hydrogen) atoms. The highest BCUT2D eigenvalue weighted by atomic mass is 19.4. The van der Waals surface area contributed by atoms with Crippen LogP contribution in [0.2, 0.25) is 0 Å². The van der Waals surface area contributed by atoms with Crippen LogP contribution >= 0.6 is 0 Å². The number of fused-ring (bicyclic) bond motifs is 1. The summed E-state index contributed by atoms with van der Waals surface area (Å²) in [6, 6.07) is 4.77. The number of rotatable bonds is 5. The first kappa shape index (κ1) is 23.0. The molecule has 1 aliphatic heterocycles. The number of nitrogens with zero attached hydrogens (tertiary/aromatic N) is 1. The molecule has 0 aliphatic carbocycles. The molecule has 1 aromatic carbocycles. The van der Waals surface area contributed by atoms with E-state index in [0.717, 1.165) is 12.1 Å². The fraction of sp³-hybridized carbons (Fsp3) is 0.364. The second-order valence-corrected chi connectivity index (χ2v) is 7.81. The average molecular weight is 469 g/mol. The number of hydrogen-bond donors (Lipinski definition) is 2. The molecule has 0 radical (unpaired) electrons. The maximum absolute atomic E-state index is 15.0. The highest BCUT2D eigenvalue weighted by Crippen LogP contribution is 2.47. The van der Waals surface area contributed by atoms with Gasteiger partial charge in [-0.15, -0.1) is 0 Å². The molecule has 1 fully saturated rings. The largest absolute Gasteiger partial charge is 0.487 e. The van der Waals surface area contributed by atoms with Crippen LogP contribution in [0.1, 0.15) is 45.3 Å². The highest BCUT2D eigenvalue weighted by Gasteiger charge is 2.45. The van der Waals surface area contributed by atoms with E-state index in [1.165, 1.54) is 25.3 Å². The molecule has 1 aliphatic rings. The van der Waals surface area contributed by atoms with Gasteiger partial charge in [0.2, 0.25) is 0 Å². The first-order chi connectivity index (χ1) is 15.5. The van der Waals surface area contributed by atoms with Gasteiger partial charge in [0.15, 0.2) is 0 Å². The smallest absolute Gasteiger partial charge is 0.418 e. The summed E-state index contributed by atoms with van der Waals surface area (Å²) >= 11 is 0. The van der Waals surface area contributed by atoms with Gasteiger partial charge >= 0.3 is 6.18 Å². The van der Waals surface area contributed by atoms with Crippen molar-refractivity contribution in [1.82, 2.24) is 10.3 Å². The Kier molecular flexibility index (Phi) is 5.77. The van der Waals surface area contributed by atoms with Crippen LogP contribution in [0.5, 0.6) is 5.75 Å². The first-order valence-corrected chi connectivity index (χ1v) is 10.1. The average Bonchev–Trinajstić information content (AvgIpc) is 3.07. The topological polar surface area (TPSA) is 90.4 Å². The van der Waals surface area contributed by atoms with Gasteiger partial charge in [0.25, 0.3) is 11.8 Å². The molecule has 2 aromatic heterocycles. The lowest BCUT2D eigenvalue weighted by molar-refractivity contribution is -0.138. The molecule has 1 atom stereocenters. The number of aryl methyl sites for hydroxylation is 1.